The second-order valence-corrected chi connectivity index (χ2v) is 10.4. The fourth-order valence-corrected chi connectivity index (χ4v) is 5.21. The minimum absolute atomic E-state index is 0.0487. The Morgan fingerprint density at radius 2 is 1.78 bits per heavy atom. The van der Waals surface area contributed by atoms with Crippen molar-refractivity contribution in [2.24, 2.45) is 0 Å². The van der Waals surface area contributed by atoms with Crippen molar-refractivity contribution in [1.82, 2.24) is 9.97 Å². The number of nitrogens with one attached hydrogen (secondary N) is 1. The van der Waals surface area contributed by atoms with Gasteiger partial charge in [-0.3, -0.25) is 4.72 Å². The fourth-order valence-electron chi connectivity index (χ4n) is 4.25. The van der Waals surface area contributed by atoms with Gasteiger partial charge in [0.1, 0.15) is 11.6 Å². The summed E-state index contributed by atoms with van der Waals surface area (Å²) >= 11 is 0. The van der Waals surface area contributed by atoms with Crippen LogP contribution in [0.1, 0.15) is 30.4 Å². The number of aryl methyl sites for hydroxylation is 1. The van der Waals surface area contributed by atoms with Gasteiger partial charge in [0.2, 0.25) is 0 Å². The van der Waals surface area contributed by atoms with E-state index in [-0.39, 0.29) is 34.5 Å². The van der Waals surface area contributed by atoms with Crippen LogP contribution in [0.4, 0.5) is 24.8 Å². The largest absolute Gasteiger partial charge is 0.418 e. The third kappa shape index (κ3) is 6.38. The van der Waals surface area contributed by atoms with E-state index in [2.05, 4.69) is 14.7 Å². The van der Waals surface area contributed by atoms with Gasteiger partial charge in [-0.15, -0.1) is 0 Å². The summed E-state index contributed by atoms with van der Waals surface area (Å²) < 4.78 is 70.2. The molecule has 8 nitrogen and oxygen atoms in total. The summed E-state index contributed by atoms with van der Waals surface area (Å²) in [7, 11) is -4.31. The Morgan fingerprint density at radius 3 is 2.54 bits per heavy atom. The van der Waals surface area contributed by atoms with E-state index < -0.39 is 34.5 Å². The molecule has 0 fully saturated rings. The van der Waals surface area contributed by atoms with Crippen molar-refractivity contribution in [3.05, 3.63) is 65.7 Å². The molecular weight excluding hydrogens is 509 g/mol. The molecule has 0 radical (unpaired) electrons. The molecule has 37 heavy (non-hydrogen) atoms. The Labute approximate surface area is 212 Å². The highest BCUT2D eigenvalue weighted by molar-refractivity contribution is 7.92. The number of aliphatic hydroxyl groups is 2. The van der Waals surface area contributed by atoms with E-state index in [1.54, 1.807) is 35.2 Å². The highest BCUT2D eigenvalue weighted by Gasteiger charge is 2.35. The van der Waals surface area contributed by atoms with Crippen LogP contribution in [0.2, 0.25) is 0 Å². The highest BCUT2D eigenvalue weighted by atomic mass is 32.2. The first kappa shape index (κ1) is 26.8. The van der Waals surface area contributed by atoms with Gasteiger partial charge in [-0.05, 0) is 49.1 Å². The van der Waals surface area contributed by atoms with E-state index in [4.69, 9.17) is 0 Å². The van der Waals surface area contributed by atoms with Gasteiger partial charge in [0.05, 0.1) is 24.0 Å². The summed E-state index contributed by atoms with van der Waals surface area (Å²) in [6.45, 7) is 0.0172. The van der Waals surface area contributed by atoms with Crippen molar-refractivity contribution in [1.29, 1.82) is 0 Å². The number of benzene rings is 1. The highest BCUT2D eigenvalue weighted by Crippen LogP contribution is 2.38. The van der Waals surface area contributed by atoms with Crippen LogP contribution < -0.4 is 9.62 Å². The van der Waals surface area contributed by atoms with Gasteiger partial charge in [-0.2, -0.15) is 21.6 Å². The zero-order valence-corrected chi connectivity index (χ0v) is 20.6. The summed E-state index contributed by atoms with van der Waals surface area (Å²) in [5.74, 6) is 0.0125. The van der Waals surface area contributed by atoms with Gasteiger partial charge in [-0.1, -0.05) is 36.8 Å². The Balaban J connectivity index is 1.83. The van der Waals surface area contributed by atoms with Crippen LogP contribution >= 0.6 is 0 Å². The number of hydrogen-bond donors (Lipinski definition) is 3. The molecule has 1 aromatic carbocycles. The Morgan fingerprint density at radius 1 is 1.00 bits per heavy atom. The number of hydrogen-bond acceptors (Lipinski definition) is 7. The first-order valence-electron chi connectivity index (χ1n) is 11.8. The summed E-state index contributed by atoms with van der Waals surface area (Å²) in [5.41, 5.74) is -0.341. The first-order valence-corrected chi connectivity index (χ1v) is 13.3. The summed E-state index contributed by atoms with van der Waals surface area (Å²) in [4.78, 5) is 10.0. The topological polar surface area (TPSA) is 116 Å². The average Bonchev–Trinajstić information content (AvgIpc) is 2.86. The van der Waals surface area contributed by atoms with Gasteiger partial charge in [0, 0.05) is 18.7 Å². The molecule has 3 aromatic rings. The minimum Gasteiger partial charge on any atom is -0.394 e. The molecule has 12 heteroatoms. The summed E-state index contributed by atoms with van der Waals surface area (Å²) in [5, 5.41) is 19.0. The molecule has 3 heterocycles. The molecule has 4 rings (SSSR count). The van der Waals surface area contributed by atoms with Crippen molar-refractivity contribution < 1.29 is 31.8 Å². The van der Waals surface area contributed by atoms with Crippen molar-refractivity contribution >= 4 is 21.7 Å². The number of alkyl halides is 3. The zero-order valence-electron chi connectivity index (χ0n) is 19.8. The van der Waals surface area contributed by atoms with Gasteiger partial charge in [-0.25, -0.2) is 9.97 Å². The third-order valence-corrected chi connectivity index (χ3v) is 7.29. The van der Waals surface area contributed by atoms with Crippen LogP contribution in [-0.2, 0) is 22.6 Å². The average molecular weight is 537 g/mol. The van der Waals surface area contributed by atoms with E-state index in [1.165, 1.54) is 12.1 Å². The van der Waals surface area contributed by atoms with E-state index in [0.717, 1.165) is 18.6 Å². The summed E-state index contributed by atoms with van der Waals surface area (Å²) in [6, 6.07) is 12.8. The lowest BCUT2D eigenvalue weighted by Crippen LogP contribution is -2.36. The predicted octanol–water partition coefficient (Wildman–Crippen LogP) is 3.85. The molecule has 3 N–H and O–H groups in total. The number of aliphatic hydroxyl groups excluding tert-OH is 2. The van der Waals surface area contributed by atoms with Gasteiger partial charge >= 0.3 is 6.18 Å². The van der Waals surface area contributed by atoms with Gasteiger partial charge < -0.3 is 15.1 Å². The smallest absolute Gasteiger partial charge is 0.394 e. The van der Waals surface area contributed by atoms with Crippen LogP contribution in [0, 0.1) is 0 Å². The minimum atomic E-state index is -4.69. The monoisotopic (exact) mass is 536 g/mol. The molecule has 0 amide bonds. The lowest BCUT2D eigenvalue weighted by molar-refractivity contribution is -0.137. The second kappa shape index (κ2) is 11.0. The number of nitrogens with zero attached hydrogens (tertiary/aromatic N) is 3. The molecule has 0 aliphatic carbocycles. The van der Waals surface area contributed by atoms with E-state index in [9.17, 15) is 31.8 Å². The molecule has 1 aliphatic heterocycles. The Hall–Kier alpha value is -3.22. The quantitative estimate of drug-likeness (QED) is 0.466. The first-order chi connectivity index (χ1) is 17.6. The molecule has 198 valence electrons. The number of sulfonamides is 1. The maximum absolute atomic E-state index is 13.9. The summed E-state index contributed by atoms with van der Waals surface area (Å²) in [6.07, 6.45) is -3.18. The maximum atomic E-state index is 13.9. The zero-order chi connectivity index (χ0) is 26.6. The number of pyridine rings is 2. The molecule has 1 aliphatic rings. The van der Waals surface area contributed by atoms with Crippen molar-refractivity contribution in [3.8, 4) is 11.3 Å². The number of anilines is 2. The Bertz CT molecular complexity index is 1350. The third-order valence-electron chi connectivity index (χ3n) is 6.04. The molecule has 2 aromatic heterocycles. The molecule has 0 saturated heterocycles. The van der Waals surface area contributed by atoms with E-state index in [0.29, 0.717) is 31.4 Å². The van der Waals surface area contributed by atoms with Crippen LogP contribution in [0.25, 0.3) is 11.3 Å². The predicted molar refractivity (Wildman–Crippen MR) is 133 cm³/mol. The number of halogens is 3. The lowest BCUT2D eigenvalue weighted by Gasteiger charge is -2.26. The lowest BCUT2D eigenvalue weighted by atomic mass is 9.96. The number of β-amino-alcohol motifs (C(OH)–C–C–N with tert-alkyl or cyclic N) is 1. The van der Waals surface area contributed by atoms with E-state index >= 15 is 0 Å². The second-order valence-electron chi connectivity index (χ2n) is 8.78. The van der Waals surface area contributed by atoms with Crippen LogP contribution in [-0.4, -0.2) is 54.4 Å². The Kier molecular flexibility index (Phi) is 8.00. The molecule has 1 unspecified atom stereocenters. The SMILES string of the molecule is O=S1(=O)Nc2ccc(C(F)(F)F)c(n2)-c2ccccc2CCCCCN(CC(O)CO)c2cccc1n2. The van der Waals surface area contributed by atoms with Crippen LogP contribution in [0.3, 0.4) is 0 Å². The normalized spacial score (nSPS) is 16.9. The van der Waals surface area contributed by atoms with Gasteiger partial charge in [0.25, 0.3) is 10.0 Å². The molecule has 0 spiro atoms. The van der Waals surface area contributed by atoms with E-state index in [1.807, 2.05) is 0 Å². The van der Waals surface area contributed by atoms with Crippen LogP contribution in [0.5, 0.6) is 0 Å². The van der Waals surface area contributed by atoms with Crippen molar-refractivity contribution in [3.63, 3.8) is 0 Å². The molecule has 4 bridgehead atoms. The number of fused-ring (bicyclic) bond motifs is 6. The van der Waals surface area contributed by atoms with Crippen molar-refractivity contribution in [2.45, 2.75) is 43.0 Å². The van der Waals surface area contributed by atoms with Crippen LogP contribution in [0.15, 0.2) is 59.6 Å². The molecule has 0 saturated carbocycles. The molecular formula is C25H27F3N4O4S. The number of aromatic nitrogens is 2. The van der Waals surface area contributed by atoms with Gasteiger partial charge in [0.15, 0.2) is 5.03 Å². The van der Waals surface area contributed by atoms with Crippen molar-refractivity contribution in [2.75, 3.05) is 29.3 Å². The molecule has 1 atom stereocenters. The standard InChI is InChI=1S/C25H27F3N4O4S/c26-25(27,28)20-12-13-21-29-24(20)19-9-4-3-8-17(19)7-2-1-5-14-32(15-18(34)16-33)22-10-6-11-23(30-22)37(35,36)31-21/h3-4,6,8-13,18,33-34H,1-2,5,7,14-16H2,(H,29,31). The maximum Gasteiger partial charge on any atom is 0.418 e. The number of rotatable bonds is 3. The fraction of sp³-hybridized carbons (Fsp3) is 0.360.